The first kappa shape index (κ1) is 10.1. The normalized spacial score (nSPS) is 42.2. The zero-order chi connectivity index (χ0) is 11.3. The summed E-state index contributed by atoms with van der Waals surface area (Å²) in [7, 11) is 0. The van der Waals surface area contributed by atoms with Crippen molar-refractivity contribution in [3.8, 4) is 0 Å². The minimum atomic E-state index is 0.731. The van der Waals surface area contributed by atoms with Gasteiger partial charge in [-0.25, -0.2) is 0 Å². The quantitative estimate of drug-likeness (QED) is 0.837. The molecule has 1 N–H and O–H groups in total. The van der Waals surface area contributed by atoms with Crippen LogP contribution in [-0.4, -0.2) is 12.6 Å². The fraction of sp³-hybridized carbons (Fsp3) is 0.625. The second kappa shape index (κ2) is 3.58. The molecule has 0 spiro atoms. The molecule has 2 saturated heterocycles. The Morgan fingerprint density at radius 2 is 2.06 bits per heavy atom. The van der Waals surface area contributed by atoms with Gasteiger partial charge in [0.25, 0.3) is 0 Å². The summed E-state index contributed by atoms with van der Waals surface area (Å²) < 4.78 is 0. The fourth-order valence-corrected chi connectivity index (χ4v) is 4.84. The van der Waals surface area contributed by atoms with E-state index >= 15 is 0 Å². The van der Waals surface area contributed by atoms with E-state index < -0.39 is 0 Å². The Morgan fingerprint density at radius 1 is 1.18 bits per heavy atom. The van der Waals surface area contributed by atoms with Gasteiger partial charge in [-0.2, -0.15) is 0 Å². The summed E-state index contributed by atoms with van der Waals surface area (Å²) in [6, 6.07) is 11.9. The van der Waals surface area contributed by atoms with Gasteiger partial charge in [0.05, 0.1) is 0 Å². The summed E-state index contributed by atoms with van der Waals surface area (Å²) in [5.74, 6) is 2.09. The SMILES string of the molecule is c1ccc(CCC23CC4CC(C2)C3CN4)cc1. The molecule has 17 heavy (non-hydrogen) atoms. The van der Waals surface area contributed by atoms with Gasteiger partial charge in [-0.15, -0.1) is 0 Å². The maximum absolute atomic E-state index is 3.70. The van der Waals surface area contributed by atoms with Crippen LogP contribution in [0.4, 0.5) is 0 Å². The van der Waals surface area contributed by atoms with Crippen LogP contribution in [-0.2, 0) is 6.42 Å². The van der Waals surface area contributed by atoms with Crippen molar-refractivity contribution in [1.82, 2.24) is 5.32 Å². The molecule has 5 aliphatic rings. The van der Waals surface area contributed by atoms with Gasteiger partial charge in [-0.3, -0.25) is 0 Å². The minimum absolute atomic E-state index is 0.731. The van der Waals surface area contributed by atoms with E-state index in [1.54, 1.807) is 0 Å². The van der Waals surface area contributed by atoms with E-state index in [0.717, 1.165) is 23.3 Å². The molecule has 1 nitrogen and oxygen atoms in total. The highest BCUT2D eigenvalue weighted by Gasteiger charge is 2.59. The zero-order valence-electron chi connectivity index (χ0n) is 10.4. The largest absolute Gasteiger partial charge is 0.314 e. The van der Waals surface area contributed by atoms with Crippen molar-refractivity contribution < 1.29 is 0 Å². The minimum Gasteiger partial charge on any atom is -0.314 e. The summed E-state index contributed by atoms with van der Waals surface area (Å²) in [5.41, 5.74) is 2.26. The van der Waals surface area contributed by atoms with Crippen molar-refractivity contribution in [1.29, 1.82) is 0 Å². The molecule has 90 valence electrons. The van der Waals surface area contributed by atoms with Crippen LogP contribution < -0.4 is 5.32 Å². The molecule has 0 aromatic heterocycles. The molecule has 1 aromatic carbocycles. The van der Waals surface area contributed by atoms with Crippen molar-refractivity contribution in [2.45, 2.75) is 38.1 Å². The van der Waals surface area contributed by atoms with Gasteiger partial charge in [-0.05, 0) is 61.5 Å². The van der Waals surface area contributed by atoms with Crippen molar-refractivity contribution in [3.63, 3.8) is 0 Å². The van der Waals surface area contributed by atoms with E-state index in [4.69, 9.17) is 0 Å². The van der Waals surface area contributed by atoms with E-state index in [1.165, 1.54) is 44.2 Å². The Morgan fingerprint density at radius 3 is 2.76 bits per heavy atom. The summed E-state index contributed by atoms with van der Waals surface area (Å²) in [4.78, 5) is 0. The average molecular weight is 227 g/mol. The molecular weight excluding hydrogens is 206 g/mol. The van der Waals surface area contributed by atoms with Crippen LogP contribution in [0.1, 0.15) is 31.2 Å². The Hall–Kier alpha value is -0.820. The molecule has 1 aromatic rings. The lowest BCUT2D eigenvalue weighted by Crippen LogP contribution is -2.66. The van der Waals surface area contributed by atoms with E-state index in [2.05, 4.69) is 35.6 Å². The number of piperidine rings is 2. The van der Waals surface area contributed by atoms with E-state index in [0.29, 0.717) is 0 Å². The van der Waals surface area contributed by atoms with E-state index in [-0.39, 0.29) is 0 Å². The third-order valence-corrected chi connectivity index (χ3v) is 5.65. The molecule has 0 radical (unpaired) electrons. The molecule has 2 aliphatic heterocycles. The fourth-order valence-electron chi connectivity index (χ4n) is 4.84. The monoisotopic (exact) mass is 227 g/mol. The molecule has 6 rings (SSSR count). The summed E-state index contributed by atoms with van der Waals surface area (Å²) in [6.45, 7) is 1.31. The second-order valence-corrected chi connectivity index (χ2v) is 6.46. The number of rotatable bonds is 3. The van der Waals surface area contributed by atoms with Crippen molar-refractivity contribution in [3.05, 3.63) is 35.9 Å². The number of aryl methyl sites for hydroxylation is 1. The van der Waals surface area contributed by atoms with Crippen LogP contribution in [0.25, 0.3) is 0 Å². The highest BCUT2D eigenvalue weighted by molar-refractivity contribution is 5.18. The van der Waals surface area contributed by atoms with E-state index in [9.17, 15) is 0 Å². The Labute approximate surface area is 104 Å². The van der Waals surface area contributed by atoms with Crippen LogP contribution in [0.15, 0.2) is 30.3 Å². The molecule has 2 heterocycles. The number of nitrogens with one attached hydrogen (secondary N) is 1. The average Bonchev–Trinajstić information content (AvgIpc) is 2.38. The smallest absolute Gasteiger partial charge is 0.00753 e. The van der Waals surface area contributed by atoms with Gasteiger partial charge in [0, 0.05) is 6.04 Å². The van der Waals surface area contributed by atoms with E-state index in [1.807, 2.05) is 0 Å². The number of hydrogen-bond acceptors (Lipinski definition) is 1. The summed E-state index contributed by atoms with van der Waals surface area (Å²) in [6.07, 6.45) is 7.18. The highest BCUT2D eigenvalue weighted by Crippen LogP contribution is 2.63. The predicted molar refractivity (Wildman–Crippen MR) is 69.8 cm³/mol. The number of benzene rings is 1. The third kappa shape index (κ3) is 1.48. The molecule has 4 atom stereocenters. The Kier molecular flexibility index (Phi) is 2.14. The lowest BCUT2D eigenvalue weighted by atomic mass is 9.43. The van der Waals surface area contributed by atoms with Crippen LogP contribution in [0.3, 0.4) is 0 Å². The van der Waals surface area contributed by atoms with Crippen molar-refractivity contribution >= 4 is 0 Å². The molecule has 3 aliphatic carbocycles. The van der Waals surface area contributed by atoms with Gasteiger partial charge in [-0.1, -0.05) is 30.3 Å². The summed E-state index contributed by atoms with van der Waals surface area (Å²) >= 11 is 0. The van der Waals surface area contributed by atoms with Gasteiger partial charge in [0.2, 0.25) is 0 Å². The highest BCUT2D eigenvalue weighted by atomic mass is 15.0. The molecule has 3 saturated carbocycles. The molecule has 5 fully saturated rings. The molecule has 1 heteroatoms. The van der Waals surface area contributed by atoms with Gasteiger partial charge in [0.15, 0.2) is 0 Å². The maximum Gasteiger partial charge on any atom is 0.00753 e. The van der Waals surface area contributed by atoms with Crippen molar-refractivity contribution in [2.24, 2.45) is 17.3 Å². The first-order chi connectivity index (χ1) is 8.36. The van der Waals surface area contributed by atoms with Crippen LogP contribution >= 0.6 is 0 Å². The molecule has 4 unspecified atom stereocenters. The lowest BCUT2D eigenvalue weighted by molar-refractivity contribution is -0.139. The number of hydrogen-bond donors (Lipinski definition) is 1. The third-order valence-electron chi connectivity index (χ3n) is 5.65. The lowest BCUT2D eigenvalue weighted by Gasteiger charge is -2.66. The van der Waals surface area contributed by atoms with Crippen LogP contribution in [0.2, 0.25) is 0 Å². The zero-order valence-corrected chi connectivity index (χ0v) is 10.4. The van der Waals surface area contributed by atoms with Gasteiger partial charge < -0.3 is 5.32 Å². The van der Waals surface area contributed by atoms with Crippen LogP contribution in [0, 0.1) is 17.3 Å². The summed E-state index contributed by atoms with van der Waals surface area (Å²) in [5, 5.41) is 3.70. The van der Waals surface area contributed by atoms with Gasteiger partial charge in [0.1, 0.15) is 0 Å². The first-order valence-corrected chi connectivity index (χ1v) is 7.13. The topological polar surface area (TPSA) is 12.0 Å². The molecule has 4 bridgehead atoms. The Bertz CT molecular complexity index is 413. The molecular formula is C16H21N. The Balaban J connectivity index is 1.47. The van der Waals surface area contributed by atoms with Crippen molar-refractivity contribution in [2.75, 3.05) is 6.54 Å². The van der Waals surface area contributed by atoms with Gasteiger partial charge >= 0.3 is 0 Å². The molecule has 0 amide bonds. The first-order valence-electron chi connectivity index (χ1n) is 7.13. The second-order valence-electron chi connectivity index (χ2n) is 6.46. The van der Waals surface area contributed by atoms with Crippen LogP contribution in [0.5, 0.6) is 0 Å². The predicted octanol–water partition coefficient (Wildman–Crippen LogP) is 3.01. The maximum atomic E-state index is 3.70. The number of fused-ring (bicyclic) bond motifs is 1. The standard InChI is InChI=1S/C16H21N/c1-2-4-12(5-3-1)6-7-16-9-13-8-14(10-16)17-11-15(13)16/h1-5,13-15,17H,6-11H2.